The van der Waals surface area contributed by atoms with E-state index in [-0.39, 0.29) is 0 Å². The van der Waals surface area contributed by atoms with Gasteiger partial charge in [0.25, 0.3) is 0 Å². The quantitative estimate of drug-likeness (QED) is 0.703. The van der Waals surface area contributed by atoms with E-state index >= 15 is 0 Å². The Labute approximate surface area is 144 Å². The van der Waals surface area contributed by atoms with Crippen LogP contribution in [0.3, 0.4) is 0 Å². The highest BCUT2D eigenvalue weighted by atomic mass is 35.5. The second kappa shape index (κ2) is 7.18. The Bertz CT molecular complexity index is 823. The zero-order valence-electron chi connectivity index (χ0n) is 13.2. The van der Waals surface area contributed by atoms with Crippen molar-refractivity contribution in [3.8, 4) is 5.75 Å². The summed E-state index contributed by atoms with van der Waals surface area (Å²) >= 11 is 6.12. The number of anilines is 3. The van der Waals surface area contributed by atoms with Gasteiger partial charge in [-0.1, -0.05) is 11.6 Å². The molecule has 3 rings (SSSR count). The maximum absolute atomic E-state index is 6.12. The third-order valence-corrected chi connectivity index (χ3v) is 3.71. The fourth-order valence-corrected chi connectivity index (χ4v) is 2.24. The molecule has 0 atom stereocenters. The van der Waals surface area contributed by atoms with E-state index in [1.807, 2.05) is 25.1 Å². The van der Waals surface area contributed by atoms with Crippen LogP contribution < -0.4 is 15.4 Å². The number of methoxy groups -OCH3 is 1. The SMILES string of the molecule is COc1cc(Cl)c(C)cc1Nc1cnnc(NCc2ccco2)n1. The van der Waals surface area contributed by atoms with Gasteiger partial charge in [0.05, 0.1) is 31.8 Å². The van der Waals surface area contributed by atoms with Crippen LogP contribution in [0, 0.1) is 6.92 Å². The number of halogens is 1. The van der Waals surface area contributed by atoms with Crippen LogP contribution in [0.15, 0.2) is 41.1 Å². The molecule has 124 valence electrons. The van der Waals surface area contributed by atoms with Crippen molar-refractivity contribution in [1.29, 1.82) is 0 Å². The molecule has 3 aromatic rings. The van der Waals surface area contributed by atoms with Gasteiger partial charge >= 0.3 is 0 Å². The van der Waals surface area contributed by atoms with Crippen molar-refractivity contribution in [1.82, 2.24) is 15.2 Å². The molecule has 0 unspecified atom stereocenters. The molecule has 0 saturated carbocycles. The number of aryl methyl sites for hydroxylation is 1. The third-order valence-electron chi connectivity index (χ3n) is 3.30. The van der Waals surface area contributed by atoms with Crippen LogP contribution in [-0.2, 0) is 6.54 Å². The van der Waals surface area contributed by atoms with Crippen molar-refractivity contribution in [2.75, 3.05) is 17.7 Å². The lowest BCUT2D eigenvalue weighted by atomic mass is 10.2. The highest BCUT2D eigenvalue weighted by Crippen LogP contribution is 2.32. The van der Waals surface area contributed by atoms with E-state index in [1.165, 1.54) is 6.20 Å². The Hall–Kier alpha value is -2.80. The standard InChI is InChI=1S/C16H16ClN5O2/c1-10-6-13(14(23-2)7-12(10)17)20-15-9-19-22-16(21-15)18-8-11-4-3-5-24-11/h3-7,9H,8H2,1-2H3,(H2,18,20,21,22). The molecule has 8 heteroatoms. The second-order valence-electron chi connectivity index (χ2n) is 5.02. The summed E-state index contributed by atoms with van der Waals surface area (Å²) in [7, 11) is 1.58. The van der Waals surface area contributed by atoms with Crippen LogP contribution in [0.5, 0.6) is 5.75 Å². The number of hydrogen-bond acceptors (Lipinski definition) is 7. The number of nitrogens with zero attached hydrogens (tertiary/aromatic N) is 3. The highest BCUT2D eigenvalue weighted by Gasteiger charge is 2.09. The first-order valence-electron chi connectivity index (χ1n) is 7.23. The summed E-state index contributed by atoms with van der Waals surface area (Å²) in [6, 6.07) is 7.33. The number of ether oxygens (including phenoxy) is 1. The zero-order chi connectivity index (χ0) is 16.9. The molecule has 2 aromatic heterocycles. The van der Waals surface area contributed by atoms with E-state index in [9.17, 15) is 0 Å². The monoisotopic (exact) mass is 345 g/mol. The van der Waals surface area contributed by atoms with Gasteiger partial charge in [-0.15, -0.1) is 5.10 Å². The minimum atomic E-state index is 0.390. The molecule has 7 nitrogen and oxygen atoms in total. The lowest BCUT2D eigenvalue weighted by molar-refractivity contribution is 0.416. The molecule has 0 radical (unpaired) electrons. The van der Waals surface area contributed by atoms with E-state index in [0.717, 1.165) is 17.0 Å². The van der Waals surface area contributed by atoms with Crippen LogP contribution in [0.25, 0.3) is 0 Å². The van der Waals surface area contributed by atoms with E-state index in [1.54, 1.807) is 19.4 Å². The minimum absolute atomic E-state index is 0.390. The van der Waals surface area contributed by atoms with Gasteiger partial charge in [-0.2, -0.15) is 10.1 Å². The summed E-state index contributed by atoms with van der Waals surface area (Å²) < 4.78 is 10.6. The Kier molecular flexibility index (Phi) is 4.81. The Balaban J connectivity index is 1.76. The average Bonchev–Trinajstić information content (AvgIpc) is 3.10. The van der Waals surface area contributed by atoms with Crippen molar-refractivity contribution in [2.24, 2.45) is 0 Å². The smallest absolute Gasteiger partial charge is 0.245 e. The summed E-state index contributed by atoms with van der Waals surface area (Å²) in [6.45, 7) is 2.39. The van der Waals surface area contributed by atoms with Crippen LogP contribution in [-0.4, -0.2) is 22.3 Å². The van der Waals surface area contributed by atoms with E-state index in [0.29, 0.717) is 29.1 Å². The summed E-state index contributed by atoms with van der Waals surface area (Å²) in [5, 5.41) is 14.7. The zero-order valence-corrected chi connectivity index (χ0v) is 14.0. The number of benzene rings is 1. The number of aromatic nitrogens is 3. The highest BCUT2D eigenvalue weighted by molar-refractivity contribution is 6.31. The van der Waals surface area contributed by atoms with Crippen molar-refractivity contribution in [3.63, 3.8) is 0 Å². The lowest BCUT2D eigenvalue weighted by Crippen LogP contribution is -2.06. The predicted octanol–water partition coefficient (Wildman–Crippen LogP) is 3.79. The van der Waals surface area contributed by atoms with Crippen LogP contribution in [0.4, 0.5) is 17.5 Å². The van der Waals surface area contributed by atoms with Crippen LogP contribution in [0.1, 0.15) is 11.3 Å². The molecule has 2 N–H and O–H groups in total. The average molecular weight is 346 g/mol. The molecule has 1 aromatic carbocycles. The summed E-state index contributed by atoms with van der Waals surface area (Å²) in [6.07, 6.45) is 3.14. The fraction of sp³-hybridized carbons (Fsp3) is 0.188. The van der Waals surface area contributed by atoms with Gasteiger partial charge in [-0.05, 0) is 30.7 Å². The van der Waals surface area contributed by atoms with Gasteiger partial charge in [0, 0.05) is 11.1 Å². The molecule has 0 aliphatic rings. The van der Waals surface area contributed by atoms with Gasteiger partial charge in [0.2, 0.25) is 5.95 Å². The van der Waals surface area contributed by atoms with Crippen molar-refractivity contribution in [2.45, 2.75) is 13.5 Å². The van der Waals surface area contributed by atoms with Crippen molar-refractivity contribution < 1.29 is 9.15 Å². The minimum Gasteiger partial charge on any atom is -0.495 e. The van der Waals surface area contributed by atoms with Crippen LogP contribution >= 0.6 is 11.6 Å². The summed E-state index contributed by atoms with van der Waals surface area (Å²) in [5.41, 5.74) is 1.68. The molecule has 0 bridgehead atoms. The molecule has 2 heterocycles. The number of rotatable bonds is 6. The first-order chi connectivity index (χ1) is 11.7. The number of furan rings is 1. The number of hydrogen-bond donors (Lipinski definition) is 2. The Morgan fingerprint density at radius 2 is 2.21 bits per heavy atom. The van der Waals surface area contributed by atoms with E-state index < -0.39 is 0 Å². The maximum Gasteiger partial charge on any atom is 0.245 e. The van der Waals surface area contributed by atoms with E-state index in [2.05, 4.69) is 25.8 Å². The molecule has 0 spiro atoms. The molecular formula is C16H16ClN5O2. The first kappa shape index (κ1) is 16.1. The lowest BCUT2D eigenvalue weighted by Gasteiger charge is -2.12. The molecule has 0 fully saturated rings. The molecule has 0 amide bonds. The molecular weight excluding hydrogens is 330 g/mol. The largest absolute Gasteiger partial charge is 0.495 e. The first-order valence-corrected chi connectivity index (χ1v) is 7.60. The molecule has 0 aliphatic carbocycles. The predicted molar refractivity (Wildman–Crippen MR) is 91.9 cm³/mol. The van der Waals surface area contributed by atoms with Crippen LogP contribution in [0.2, 0.25) is 5.02 Å². The van der Waals surface area contributed by atoms with Crippen molar-refractivity contribution in [3.05, 3.63) is 53.1 Å². The maximum atomic E-state index is 6.12. The van der Waals surface area contributed by atoms with Gasteiger partial charge in [0.15, 0.2) is 5.82 Å². The fourth-order valence-electron chi connectivity index (χ4n) is 2.09. The van der Waals surface area contributed by atoms with Gasteiger partial charge in [0.1, 0.15) is 11.5 Å². The summed E-state index contributed by atoms with van der Waals surface area (Å²) in [5.74, 6) is 2.33. The van der Waals surface area contributed by atoms with Crippen molar-refractivity contribution >= 4 is 29.1 Å². The third kappa shape index (κ3) is 3.75. The van der Waals surface area contributed by atoms with Gasteiger partial charge in [-0.3, -0.25) is 0 Å². The normalized spacial score (nSPS) is 10.5. The number of nitrogens with one attached hydrogen (secondary N) is 2. The van der Waals surface area contributed by atoms with Gasteiger partial charge in [-0.25, -0.2) is 0 Å². The molecule has 0 aliphatic heterocycles. The molecule has 0 saturated heterocycles. The van der Waals surface area contributed by atoms with Gasteiger partial charge < -0.3 is 19.8 Å². The molecule has 24 heavy (non-hydrogen) atoms. The second-order valence-corrected chi connectivity index (χ2v) is 5.43. The Morgan fingerprint density at radius 3 is 2.96 bits per heavy atom. The Morgan fingerprint density at radius 1 is 1.33 bits per heavy atom. The van der Waals surface area contributed by atoms with E-state index in [4.69, 9.17) is 20.8 Å². The topological polar surface area (TPSA) is 85.1 Å². The summed E-state index contributed by atoms with van der Waals surface area (Å²) in [4.78, 5) is 4.37.